The lowest BCUT2D eigenvalue weighted by molar-refractivity contribution is 0.578. The van der Waals surface area contributed by atoms with E-state index >= 15 is 0 Å². The second kappa shape index (κ2) is 6.75. The third-order valence-corrected chi connectivity index (χ3v) is 4.75. The zero-order chi connectivity index (χ0) is 14.9. The molecule has 23 heavy (non-hydrogen) atoms. The smallest absolute Gasteiger partial charge is 0.133 e. The summed E-state index contributed by atoms with van der Waals surface area (Å²) in [5.41, 5.74) is 4.73. The van der Waals surface area contributed by atoms with Crippen LogP contribution < -0.4 is 9.80 Å². The van der Waals surface area contributed by atoms with Gasteiger partial charge in [0, 0.05) is 30.0 Å². The Bertz CT molecular complexity index is 690. The van der Waals surface area contributed by atoms with Gasteiger partial charge in [-0.1, -0.05) is 24.3 Å². The average molecular weight is 372 g/mol. The molecule has 0 unspecified atom stereocenters. The van der Waals surface area contributed by atoms with Crippen molar-refractivity contribution in [1.29, 1.82) is 5.41 Å². The number of halogens is 1. The maximum Gasteiger partial charge on any atom is 0.133 e. The summed E-state index contributed by atoms with van der Waals surface area (Å²) in [6.07, 6.45) is 3.96. The Balaban J connectivity index is 0.00000156. The van der Waals surface area contributed by atoms with Crippen molar-refractivity contribution >= 4 is 34.2 Å². The number of amidine groups is 1. The fourth-order valence-electron chi connectivity index (χ4n) is 3.50. The zero-order valence-corrected chi connectivity index (χ0v) is 14.9. The number of nitrogens with zero attached hydrogens (tertiary/aromatic N) is 2. The van der Waals surface area contributed by atoms with Crippen LogP contribution in [0.2, 0.25) is 0 Å². The summed E-state index contributed by atoms with van der Waals surface area (Å²) in [5, 5.41) is 8.39. The van der Waals surface area contributed by atoms with Gasteiger partial charge in [-0.2, -0.15) is 0 Å². The number of rotatable bonds is 2. The second-order valence-corrected chi connectivity index (χ2v) is 6.16. The lowest BCUT2D eigenvalue weighted by atomic mass is 10.1. The highest BCUT2D eigenvalue weighted by molar-refractivity contribution is 8.93. The molecule has 0 spiro atoms. The van der Waals surface area contributed by atoms with Crippen LogP contribution in [0.4, 0.5) is 11.4 Å². The van der Waals surface area contributed by atoms with Gasteiger partial charge in [0.25, 0.3) is 0 Å². The van der Waals surface area contributed by atoms with Crippen LogP contribution in [0, 0.1) is 5.41 Å². The monoisotopic (exact) mass is 371 g/mol. The van der Waals surface area contributed by atoms with Gasteiger partial charge in [0.05, 0.1) is 6.54 Å². The van der Waals surface area contributed by atoms with E-state index in [1.807, 2.05) is 12.1 Å². The molecule has 1 saturated heterocycles. The molecule has 1 N–H and O–H groups in total. The quantitative estimate of drug-likeness (QED) is 0.835. The first-order chi connectivity index (χ1) is 10.8. The van der Waals surface area contributed by atoms with E-state index in [-0.39, 0.29) is 17.0 Å². The van der Waals surface area contributed by atoms with Crippen LogP contribution in [0.25, 0.3) is 0 Å². The summed E-state index contributed by atoms with van der Waals surface area (Å²) >= 11 is 0. The number of hydrogen-bond donors (Lipinski definition) is 1. The molecule has 3 nitrogen and oxygen atoms in total. The van der Waals surface area contributed by atoms with Crippen molar-refractivity contribution < 1.29 is 0 Å². The van der Waals surface area contributed by atoms with Crippen LogP contribution in [-0.2, 0) is 6.54 Å². The van der Waals surface area contributed by atoms with Crippen LogP contribution in [0.3, 0.4) is 0 Å². The first kappa shape index (κ1) is 16.1. The minimum atomic E-state index is 0. The van der Waals surface area contributed by atoms with Crippen molar-refractivity contribution in [2.75, 3.05) is 22.9 Å². The molecule has 0 amide bonds. The lowest BCUT2D eigenvalue weighted by Gasteiger charge is -2.29. The van der Waals surface area contributed by atoms with E-state index in [4.69, 9.17) is 5.41 Å². The predicted octanol–water partition coefficient (Wildman–Crippen LogP) is 4.60. The van der Waals surface area contributed by atoms with E-state index in [0.717, 1.165) is 17.8 Å². The molecular formula is C19H22BrN3. The number of benzene rings is 2. The van der Waals surface area contributed by atoms with Crippen LogP contribution >= 0.6 is 17.0 Å². The minimum Gasteiger partial charge on any atom is -0.372 e. The first-order valence-electron chi connectivity index (χ1n) is 8.12. The van der Waals surface area contributed by atoms with E-state index in [0.29, 0.717) is 5.84 Å². The number of fused-ring (bicyclic) bond motifs is 1. The van der Waals surface area contributed by atoms with Crippen molar-refractivity contribution in [3.63, 3.8) is 0 Å². The Labute approximate surface area is 148 Å². The van der Waals surface area contributed by atoms with Gasteiger partial charge in [-0.3, -0.25) is 5.41 Å². The van der Waals surface area contributed by atoms with Gasteiger partial charge in [-0.15, -0.1) is 17.0 Å². The Morgan fingerprint density at radius 2 is 1.43 bits per heavy atom. The summed E-state index contributed by atoms with van der Waals surface area (Å²) in [4.78, 5) is 4.56. The van der Waals surface area contributed by atoms with Gasteiger partial charge in [-0.05, 0) is 49.1 Å². The molecule has 0 aromatic heterocycles. The Morgan fingerprint density at radius 1 is 0.783 bits per heavy atom. The van der Waals surface area contributed by atoms with Crippen molar-refractivity contribution in [2.24, 2.45) is 0 Å². The molecule has 120 valence electrons. The largest absolute Gasteiger partial charge is 0.372 e. The maximum atomic E-state index is 8.39. The highest BCUT2D eigenvalue weighted by Gasteiger charge is 2.24. The van der Waals surface area contributed by atoms with E-state index in [2.05, 4.69) is 46.2 Å². The van der Waals surface area contributed by atoms with E-state index < -0.39 is 0 Å². The maximum absolute atomic E-state index is 8.39. The van der Waals surface area contributed by atoms with Crippen LogP contribution in [0.1, 0.15) is 30.4 Å². The average Bonchev–Trinajstić information content (AvgIpc) is 2.93. The van der Waals surface area contributed by atoms with E-state index in [1.54, 1.807) is 0 Å². The van der Waals surface area contributed by atoms with Gasteiger partial charge in [0.2, 0.25) is 0 Å². The Morgan fingerprint density at radius 3 is 2.13 bits per heavy atom. The number of nitrogens with one attached hydrogen (secondary N) is 1. The van der Waals surface area contributed by atoms with Gasteiger partial charge in [0.15, 0.2) is 0 Å². The second-order valence-electron chi connectivity index (χ2n) is 6.16. The number of piperidine rings is 1. The normalized spacial score (nSPS) is 17.0. The molecule has 2 aliphatic rings. The lowest BCUT2D eigenvalue weighted by Crippen LogP contribution is -2.29. The molecule has 0 saturated carbocycles. The molecule has 2 heterocycles. The molecule has 0 aliphatic carbocycles. The molecule has 2 aromatic carbocycles. The van der Waals surface area contributed by atoms with Crippen molar-refractivity contribution in [2.45, 2.75) is 25.8 Å². The summed E-state index contributed by atoms with van der Waals surface area (Å²) in [6.45, 7) is 3.15. The van der Waals surface area contributed by atoms with E-state index in [1.165, 1.54) is 43.6 Å². The highest BCUT2D eigenvalue weighted by atomic mass is 79.9. The third kappa shape index (κ3) is 3.00. The molecule has 2 aromatic rings. The molecule has 0 radical (unpaired) electrons. The molecular weight excluding hydrogens is 350 g/mol. The van der Waals surface area contributed by atoms with Gasteiger partial charge >= 0.3 is 0 Å². The third-order valence-electron chi connectivity index (χ3n) is 4.75. The number of anilines is 2. The molecule has 2 aliphatic heterocycles. The minimum absolute atomic E-state index is 0. The van der Waals surface area contributed by atoms with Gasteiger partial charge in [-0.25, -0.2) is 0 Å². The van der Waals surface area contributed by atoms with Crippen molar-refractivity contribution in [1.82, 2.24) is 0 Å². The fourth-order valence-corrected chi connectivity index (χ4v) is 3.50. The Kier molecular flexibility index (Phi) is 4.71. The fraction of sp³-hybridized carbons (Fsp3) is 0.316. The molecule has 4 heteroatoms. The predicted molar refractivity (Wildman–Crippen MR) is 102 cm³/mol. The topological polar surface area (TPSA) is 30.3 Å². The summed E-state index contributed by atoms with van der Waals surface area (Å²) < 4.78 is 0. The van der Waals surface area contributed by atoms with E-state index in [9.17, 15) is 0 Å². The molecule has 0 bridgehead atoms. The van der Waals surface area contributed by atoms with Crippen LogP contribution in [0.15, 0.2) is 48.5 Å². The summed E-state index contributed by atoms with van der Waals surface area (Å²) in [7, 11) is 0. The highest BCUT2D eigenvalue weighted by Crippen LogP contribution is 2.30. The first-order valence-corrected chi connectivity index (χ1v) is 8.12. The SMILES string of the molecule is Br.N=C1c2ccccc2CN1c1ccc(N2CCCCC2)cc1. The Hall–Kier alpha value is -1.81. The number of hydrogen-bond acceptors (Lipinski definition) is 2. The van der Waals surface area contributed by atoms with Crippen LogP contribution in [-0.4, -0.2) is 18.9 Å². The standard InChI is InChI=1S/C19H21N3.BrH/c20-19-18-7-3-2-6-15(18)14-22(19)17-10-8-16(9-11-17)21-12-4-1-5-13-21;/h2-3,6-11,20H,1,4-5,12-14H2;1H. The molecule has 1 fully saturated rings. The van der Waals surface area contributed by atoms with Crippen molar-refractivity contribution in [3.05, 3.63) is 59.7 Å². The summed E-state index contributed by atoms with van der Waals surface area (Å²) in [6, 6.07) is 16.9. The van der Waals surface area contributed by atoms with Gasteiger partial charge < -0.3 is 9.80 Å². The zero-order valence-electron chi connectivity index (χ0n) is 13.2. The van der Waals surface area contributed by atoms with Crippen molar-refractivity contribution in [3.8, 4) is 0 Å². The van der Waals surface area contributed by atoms with Gasteiger partial charge in [0.1, 0.15) is 5.84 Å². The molecule has 4 rings (SSSR count). The molecule has 0 atom stereocenters. The van der Waals surface area contributed by atoms with Crippen LogP contribution in [0.5, 0.6) is 0 Å². The summed E-state index contributed by atoms with van der Waals surface area (Å²) in [5.74, 6) is 0.612.